The zero-order chi connectivity index (χ0) is 24.4. The number of hydrogen-bond acceptors (Lipinski definition) is 5. The molecule has 2 aromatic heterocycles. The molecule has 0 atom stereocenters. The van der Waals surface area contributed by atoms with Gasteiger partial charge in [0.05, 0.1) is 0 Å². The average molecular weight is 493 g/mol. The molecule has 1 saturated heterocycles. The second kappa shape index (κ2) is 10.1. The molecule has 1 fully saturated rings. The van der Waals surface area contributed by atoms with E-state index in [2.05, 4.69) is 33.0 Å². The van der Waals surface area contributed by atoms with Crippen molar-refractivity contribution >= 4 is 28.7 Å². The third-order valence-corrected chi connectivity index (χ3v) is 7.05. The van der Waals surface area contributed by atoms with Crippen LogP contribution in [0.3, 0.4) is 0 Å². The van der Waals surface area contributed by atoms with E-state index in [9.17, 15) is 9.59 Å². The average Bonchev–Trinajstić information content (AvgIpc) is 3.25. The Kier molecular flexibility index (Phi) is 6.74. The maximum absolute atomic E-state index is 12.8. The first kappa shape index (κ1) is 23.4. The van der Waals surface area contributed by atoms with Crippen molar-refractivity contribution in [2.45, 2.75) is 25.9 Å². The van der Waals surface area contributed by atoms with Crippen molar-refractivity contribution in [3.05, 3.63) is 91.6 Å². The molecule has 1 aliphatic rings. The topological polar surface area (TPSA) is 79.2 Å². The number of aromatic nitrogens is 4. The van der Waals surface area contributed by atoms with Gasteiger partial charge in [-0.2, -0.15) is 4.98 Å². The number of rotatable bonds is 7. The summed E-state index contributed by atoms with van der Waals surface area (Å²) in [7, 11) is 1.65. The van der Waals surface area contributed by atoms with Crippen molar-refractivity contribution in [1.82, 2.24) is 24.0 Å². The van der Waals surface area contributed by atoms with Gasteiger partial charge in [-0.15, -0.1) is 0 Å². The van der Waals surface area contributed by atoms with Crippen molar-refractivity contribution < 1.29 is 0 Å². The smallest absolute Gasteiger partial charge is 0.329 e. The summed E-state index contributed by atoms with van der Waals surface area (Å²) in [6, 6.07) is 18.3. The van der Waals surface area contributed by atoms with Gasteiger partial charge >= 0.3 is 5.69 Å². The highest BCUT2D eigenvalue weighted by Gasteiger charge is 2.25. The molecule has 0 aliphatic carbocycles. The first-order chi connectivity index (χ1) is 17.0. The van der Waals surface area contributed by atoms with E-state index in [1.54, 1.807) is 7.05 Å². The quantitative estimate of drug-likeness (QED) is 0.429. The van der Waals surface area contributed by atoms with Crippen LogP contribution in [-0.2, 0) is 26.6 Å². The Morgan fingerprint density at radius 2 is 1.69 bits per heavy atom. The first-order valence-corrected chi connectivity index (χ1v) is 12.3. The van der Waals surface area contributed by atoms with E-state index < -0.39 is 5.69 Å². The predicted molar refractivity (Wildman–Crippen MR) is 139 cm³/mol. The molecule has 9 heteroatoms. The Morgan fingerprint density at radius 1 is 0.971 bits per heavy atom. The lowest BCUT2D eigenvalue weighted by Gasteiger charge is -2.35. The van der Waals surface area contributed by atoms with Gasteiger partial charge in [-0.3, -0.25) is 19.2 Å². The number of H-pyrrole nitrogens is 1. The van der Waals surface area contributed by atoms with Crippen LogP contribution in [0.4, 0.5) is 5.95 Å². The number of nitrogens with zero attached hydrogens (tertiary/aromatic N) is 5. The van der Waals surface area contributed by atoms with E-state index in [4.69, 9.17) is 16.6 Å². The van der Waals surface area contributed by atoms with E-state index in [0.29, 0.717) is 17.7 Å². The fourth-order valence-corrected chi connectivity index (χ4v) is 4.93. The highest BCUT2D eigenvalue weighted by molar-refractivity contribution is 6.31. The fraction of sp³-hybridized carbons (Fsp3) is 0.346. The van der Waals surface area contributed by atoms with Crippen LogP contribution in [0.2, 0.25) is 5.02 Å². The number of anilines is 1. The number of aromatic amines is 1. The molecule has 0 spiro atoms. The summed E-state index contributed by atoms with van der Waals surface area (Å²) in [5.41, 5.74) is 2.41. The molecule has 0 bridgehead atoms. The minimum absolute atomic E-state index is 0.390. The molecule has 0 amide bonds. The van der Waals surface area contributed by atoms with Crippen LogP contribution in [0, 0.1) is 0 Å². The minimum atomic E-state index is -0.451. The maximum Gasteiger partial charge on any atom is 0.329 e. The second-order valence-electron chi connectivity index (χ2n) is 9.00. The van der Waals surface area contributed by atoms with Gasteiger partial charge in [-0.1, -0.05) is 60.1 Å². The largest absolute Gasteiger partial charge is 0.340 e. The molecule has 4 aromatic rings. The number of fused-ring (bicyclic) bond motifs is 1. The predicted octanol–water partition coefficient (Wildman–Crippen LogP) is 3.03. The van der Waals surface area contributed by atoms with Crippen LogP contribution >= 0.6 is 11.6 Å². The Bertz CT molecular complexity index is 1430. The third-order valence-electron chi connectivity index (χ3n) is 6.68. The van der Waals surface area contributed by atoms with Crippen molar-refractivity contribution in [2.24, 2.45) is 7.05 Å². The van der Waals surface area contributed by atoms with Gasteiger partial charge in [0.1, 0.15) is 0 Å². The molecule has 35 heavy (non-hydrogen) atoms. The molecular formula is C26H29ClN6O2. The molecule has 0 saturated carbocycles. The Labute approximate surface area is 208 Å². The highest BCUT2D eigenvalue weighted by Crippen LogP contribution is 2.23. The third kappa shape index (κ3) is 4.90. The number of halogens is 1. The molecule has 1 aliphatic heterocycles. The standard InChI is InChI=1S/C26H29ClN6O2/c1-30-23-22(24(34)29-26(30)35)33(13-7-10-19-8-3-2-4-9-19)25(28-23)32-16-14-31(15-17-32)18-20-11-5-6-12-21(20)27/h2-6,8-9,11-12H,7,10,13-18H2,1H3,(H,29,34,35). The molecule has 2 aromatic carbocycles. The van der Waals surface area contributed by atoms with Gasteiger partial charge in [0.15, 0.2) is 11.2 Å². The van der Waals surface area contributed by atoms with E-state index >= 15 is 0 Å². The monoisotopic (exact) mass is 492 g/mol. The number of imidazole rings is 1. The first-order valence-electron chi connectivity index (χ1n) is 12.0. The lowest BCUT2D eigenvalue weighted by molar-refractivity contribution is 0.248. The Balaban J connectivity index is 1.39. The van der Waals surface area contributed by atoms with Crippen molar-refractivity contribution in [2.75, 3.05) is 31.1 Å². The molecular weight excluding hydrogens is 464 g/mol. The fourth-order valence-electron chi connectivity index (χ4n) is 4.74. The van der Waals surface area contributed by atoms with E-state index in [1.165, 1.54) is 10.1 Å². The normalized spacial score (nSPS) is 14.6. The molecule has 0 unspecified atom stereocenters. The lowest BCUT2D eigenvalue weighted by atomic mass is 10.1. The summed E-state index contributed by atoms with van der Waals surface area (Å²) in [5, 5.41) is 0.787. The van der Waals surface area contributed by atoms with Crippen LogP contribution in [0.25, 0.3) is 11.2 Å². The summed E-state index contributed by atoms with van der Waals surface area (Å²) in [5.74, 6) is 0.747. The van der Waals surface area contributed by atoms with E-state index in [-0.39, 0.29) is 5.56 Å². The summed E-state index contributed by atoms with van der Waals surface area (Å²) in [6.07, 6.45) is 1.76. The Morgan fingerprint density at radius 3 is 2.43 bits per heavy atom. The number of hydrogen-bond donors (Lipinski definition) is 1. The van der Waals surface area contributed by atoms with E-state index in [0.717, 1.165) is 62.1 Å². The summed E-state index contributed by atoms with van der Waals surface area (Å²) in [4.78, 5) is 36.9. The van der Waals surface area contributed by atoms with Crippen molar-refractivity contribution in [3.63, 3.8) is 0 Å². The van der Waals surface area contributed by atoms with Crippen LogP contribution < -0.4 is 16.1 Å². The SMILES string of the molecule is Cn1c(=O)[nH]c(=O)c2c1nc(N1CCN(Cc3ccccc3Cl)CC1)n2CCCc1ccccc1. The number of aryl methyl sites for hydroxylation is 3. The van der Waals surface area contributed by atoms with Gasteiger partial charge in [0, 0.05) is 51.3 Å². The van der Waals surface area contributed by atoms with Gasteiger partial charge in [0.25, 0.3) is 5.56 Å². The zero-order valence-electron chi connectivity index (χ0n) is 19.8. The summed E-state index contributed by atoms with van der Waals surface area (Å²) >= 11 is 6.36. The Hall–Kier alpha value is -3.36. The van der Waals surface area contributed by atoms with E-state index in [1.807, 2.05) is 41.0 Å². The van der Waals surface area contributed by atoms with Crippen LogP contribution in [0.5, 0.6) is 0 Å². The second-order valence-corrected chi connectivity index (χ2v) is 9.40. The van der Waals surface area contributed by atoms with Gasteiger partial charge in [-0.25, -0.2) is 4.79 Å². The van der Waals surface area contributed by atoms with Gasteiger partial charge in [0.2, 0.25) is 5.95 Å². The molecule has 1 N–H and O–H groups in total. The lowest BCUT2D eigenvalue weighted by Crippen LogP contribution is -2.47. The molecule has 182 valence electrons. The van der Waals surface area contributed by atoms with Gasteiger partial charge < -0.3 is 9.47 Å². The maximum atomic E-state index is 12.8. The number of benzene rings is 2. The number of piperazine rings is 1. The molecule has 3 heterocycles. The minimum Gasteiger partial charge on any atom is -0.340 e. The zero-order valence-corrected chi connectivity index (χ0v) is 20.5. The molecule has 0 radical (unpaired) electrons. The van der Waals surface area contributed by atoms with Gasteiger partial charge in [-0.05, 0) is 30.0 Å². The van der Waals surface area contributed by atoms with Crippen LogP contribution in [0.15, 0.2) is 64.2 Å². The molecule has 8 nitrogen and oxygen atoms in total. The number of nitrogens with one attached hydrogen (secondary N) is 1. The summed E-state index contributed by atoms with van der Waals surface area (Å²) in [6.45, 7) is 4.70. The molecule has 5 rings (SSSR count). The van der Waals surface area contributed by atoms with Crippen molar-refractivity contribution in [1.29, 1.82) is 0 Å². The highest BCUT2D eigenvalue weighted by atomic mass is 35.5. The van der Waals surface area contributed by atoms with Crippen LogP contribution in [0.1, 0.15) is 17.5 Å². The van der Waals surface area contributed by atoms with Crippen LogP contribution in [-0.4, -0.2) is 50.2 Å². The summed E-state index contributed by atoms with van der Waals surface area (Å²) < 4.78 is 3.40. The van der Waals surface area contributed by atoms with Crippen molar-refractivity contribution in [3.8, 4) is 0 Å².